The maximum Gasteiger partial charge on any atom is 0.405 e. The highest BCUT2D eigenvalue weighted by Crippen LogP contribution is 2.26. The van der Waals surface area contributed by atoms with Crippen LogP contribution in [0.1, 0.15) is 12.8 Å². The standard InChI is InChI=1S/C11H18F3N3/c1-16(7-9(6-15)11(12,13)14)8-10-4-3-5-17(10)2/h9-10H,3-5,7-8H2,1-2H3. The highest BCUT2D eigenvalue weighted by molar-refractivity contribution is 4.91. The fraction of sp³-hybridized carbons (Fsp3) is 0.909. The van der Waals surface area contributed by atoms with Gasteiger partial charge in [-0.2, -0.15) is 18.4 Å². The van der Waals surface area contributed by atoms with Crippen LogP contribution in [0.25, 0.3) is 0 Å². The lowest BCUT2D eigenvalue weighted by molar-refractivity contribution is -0.162. The van der Waals surface area contributed by atoms with Crippen LogP contribution in [0, 0.1) is 17.2 Å². The van der Waals surface area contributed by atoms with Crippen LogP contribution in [-0.4, -0.2) is 55.7 Å². The minimum atomic E-state index is -4.43. The van der Waals surface area contributed by atoms with Gasteiger partial charge < -0.3 is 9.80 Å². The van der Waals surface area contributed by atoms with Gasteiger partial charge in [-0.3, -0.25) is 0 Å². The third-order valence-electron chi connectivity index (χ3n) is 3.24. The quantitative estimate of drug-likeness (QED) is 0.760. The van der Waals surface area contributed by atoms with Crippen molar-refractivity contribution < 1.29 is 13.2 Å². The molecule has 0 amide bonds. The van der Waals surface area contributed by atoms with E-state index in [4.69, 9.17) is 5.26 Å². The summed E-state index contributed by atoms with van der Waals surface area (Å²) in [5.41, 5.74) is 0. The van der Waals surface area contributed by atoms with E-state index in [1.165, 1.54) is 6.07 Å². The first-order valence-electron chi connectivity index (χ1n) is 5.69. The van der Waals surface area contributed by atoms with Crippen LogP contribution in [0.5, 0.6) is 0 Å². The van der Waals surface area contributed by atoms with Crippen molar-refractivity contribution in [3.8, 4) is 6.07 Å². The van der Waals surface area contributed by atoms with Gasteiger partial charge in [-0.25, -0.2) is 0 Å². The SMILES string of the molecule is CN(CC1CCCN1C)CC(C#N)C(F)(F)F. The van der Waals surface area contributed by atoms with Crippen LogP contribution < -0.4 is 0 Å². The molecule has 17 heavy (non-hydrogen) atoms. The van der Waals surface area contributed by atoms with Crippen LogP contribution >= 0.6 is 0 Å². The third kappa shape index (κ3) is 4.17. The molecule has 1 rings (SSSR count). The zero-order chi connectivity index (χ0) is 13.1. The molecule has 1 saturated heterocycles. The highest BCUT2D eigenvalue weighted by atomic mass is 19.4. The Labute approximate surface area is 99.8 Å². The van der Waals surface area contributed by atoms with Gasteiger partial charge in [-0.15, -0.1) is 0 Å². The molecule has 1 aliphatic rings. The molecule has 1 aliphatic heterocycles. The second kappa shape index (κ2) is 5.69. The molecule has 2 unspecified atom stereocenters. The second-order valence-electron chi connectivity index (χ2n) is 4.72. The van der Waals surface area contributed by atoms with E-state index in [0.29, 0.717) is 12.6 Å². The number of rotatable bonds is 4. The Balaban J connectivity index is 2.43. The molecule has 98 valence electrons. The van der Waals surface area contributed by atoms with Crippen molar-refractivity contribution in [3.05, 3.63) is 0 Å². The summed E-state index contributed by atoms with van der Waals surface area (Å²) in [5, 5.41) is 8.52. The van der Waals surface area contributed by atoms with Crippen molar-refractivity contribution in [1.82, 2.24) is 9.80 Å². The summed E-state index contributed by atoms with van der Waals surface area (Å²) in [6.07, 6.45) is -2.31. The number of hydrogen-bond acceptors (Lipinski definition) is 3. The maximum atomic E-state index is 12.4. The zero-order valence-corrected chi connectivity index (χ0v) is 10.2. The van der Waals surface area contributed by atoms with Crippen molar-refractivity contribution in [1.29, 1.82) is 5.26 Å². The van der Waals surface area contributed by atoms with E-state index in [1.807, 2.05) is 7.05 Å². The molecular weight excluding hydrogens is 231 g/mol. The first kappa shape index (κ1) is 14.3. The molecule has 0 aliphatic carbocycles. The van der Waals surface area contributed by atoms with Gasteiger partial charge in [0.15, 0.2) is 5.92 Å². The van der Waals surface area contributed by atoms with Crippen LogP contribution in [0.3, 0.4) is 0 Å². The Hall–Kier alpha value is -0.800. The molecule has 0 spiro atoms. The molecule has 3 nitrogen and oxygen atoms in total. The lowest BCUT2D eigenvalue weighted by Crippen LogP contribution is -2.41. The number of likely N-dealkylation sites (N-methyl/N-ethyl adjacent to an activating group) is 2. The van der Waals surface area contributed by atoms with E-state index in [1.54, 1.807) is 11.9 Å². The highest BCUT2D eigenvalue weighted by Gasteiger charge is 2.40. The summed E-state index contributed by atoms with van der Waals surface area (Å²) in [4.78, 5) is 3.76. The second-order valence-corrected chi connectivity index (χ2v) is 4.72. The Bertz CT molecular complexity index is 285. The summed E-state index contributed by atoms with van der Waals surface area (Å²) in [6, 6.07) is 1.64. The Morgan fingerprint density at radius 2 is 2.18 bits per heavy atom. The van der Waals surface area contributed by atoms with Gasteiger partial charge in [0.2, 0.25) is 0 Å². The van der Waals surface area contributed by atoms with E-state index >= 15 is 0 Å². The predicted octanol–water partition coefficient (Wildman–Crippen LogP) is 1.71. The van der Waals surface area contributed by atoms with Gasteiger partial charge in [0.1, 0.15) is 0 Å². The fourth-order valence-electron chi connectivity index (χ4n) is 2.17. The van der Waals surface area contributed by atoms with Crippen molar-refractivity contribution in [3.63, 3.8) is 0 Å². The van der Waals surface area contributed by atoms with Gasteiger partial charge in [-0.1, -0.05) is 0 Å². The molecule has 1 fully saturated rings. The molecule has 0 radical (unpaired) electrons. The molecule has 0 aromatic rings. The minimum Gasteiger partial charge on any atom is -0.303 e. The number of likely N-dealkylation sites (tertiary alicyclic amines) is 1. The summed E-state index contributed by atoms with van der Waals surface area (Å²) >= 11 is 0. The predicted molar refractivity (Wildman–Crippen MR) is 58.3 cm³/mol. The topological polar surface area (TPSA) is 30.3 Å². The molecule has 1 heterocycles. The summed E-state index contributed by atoms with van der Waals surface area (Å²) in [7, 11) is 3.62. The molecule has 2 atom stereocenters. The van der Waals surface area contributed by atoms with E-state index < -0.39 is 12.1 Å². The van der Waals surface area contributed by atoms with Crippen molar-refractivity contribution >= 4 is 0 Å². The third-order valence-corrected chi connectivity index (χ3v) is 3.24. The van der Waals surface area contributed by atoms with Gasteiger partial charge >= 0.3 is 6.18 Å². The summed E-state index contributed by atoms with van der Waals surface area (Å²) < 4.78 is 37.2. The van der Waals surface area contributed by atoms with Gasteiger partial charge in [0.25, 0.3) is 0 Å². The summed E-state index contributed by atoms with van der Waals surface area (Å²) in [5.74, 6) is -1.89. The normalized spacial score (nSPS) is 23.9. The number of alkyl halides is 3. The zero-order valence-electron chi connectivity index (χ0n) is 10.2. The van der Waals surface area contributed by atoms with Crippen molar-refractivity contribution in [2.75, 3.05) is 33.7 Å². The van der Waals surface area contributed by atoms with Gasteiger partial charge in [0, 0.05) is 19.1 Å². The minimum absolute atomic E-state index is 0.246. The average Bonchev–Trinajstić information content (AvgIpc) is 2.59. The summed E-state index contributed by atoms with van der Waals surface area (Å²) in [6.45, 7) is 1.34. The molecule has 0 N–H and O–H groups in total. The monoisotopic (exact) mass is 249 g/mol. The first-order chi connectivity index (χ1) is 7.84. The number of nitriles is 1. The van der Waals surface area contributed by atoms with Crippen molar-refractivity contribution in [2.45, 2.75) is 25.1 Å². The van der Waals surface area contributed by atoms with E-state index in [2.05, 4.69) is 4.90 Å². The molecule has 6 heteroatoms. The van der Waals surface area contributed by atoms with E-state index in [-0.39, 0.29) is 6.54 Å². The van der Waals surface area contributed by atoms with Gasteiger partial charge in [-0.05, 0) is 33.5 Å². The van der Waals surface area contributed by atoms with Crippen LogP contribution in [-0.2, 0) is 0 Å². The van der Waals surface area contributed by atoms with E-state index in [0.717, 1.165) is 19.4 Å². The smallest absolute Gasteiger partial charge is 0.303 e. The Morgan fingerprint density at radius 3 is 2.59 bits per heavy atom. The molecule has 0 aromatic heterocycles. The first-order valence-corrected chi connectivity index (χ1v) is 5.69. The molecule has 0 bridgehead atoms. The number of hydrogen-bond donors (Lipinski definition) is 0. The van der Waals surface area contributed by atoms with E-state index in [9.17, 15) is 13.2 Å². The fourth-order valence-corrected chi connectivity index (χ4v) is 2.17. The average molecular weight is 249 g/mol. The molecular formula is C11H18F3N3. The largest absolute Gasteiger partial charge is 0.405 e. The van der Waals surface area contributed by atoms with Crippen LogP contribution in [0.15, 0.2) is 0 Å². The lowest BCUT2D eigenvalue weighted by Gasteiger charge is -2.27. The number of nitrogens with zero attached hydrogens (tertiary/aromatic N) is 3. The molecule has 0 saturated carbocycles. The lowest BCUT2D eigenvalue weighted by atomic mass is 10.1. The van der Waals surface area contributed by atoms with Crippen molar-refractivity contribution in [2.24, 2.45) is 5.92 Å². The molecule has 0 aromatic carbocycles. The van der Waals surface area contributed by atoms with Crippen LogP contribution in [0.2, 0.25) is 0 Å². The van der Waals surface area contributed by atoms with Gasteiger partial charge in [0.05, 0.1) is 6.07 Å². The Morgan fingerprint density at radius 1 is 1.53 bits per heavy atom. The Kier molecular flexibility index (Phi) is 4.78. The maximum absolute atomic E-state index is 12.4. The number of halogens is 3. The van der Waals surface area contributed by atoms with Crippen LogP contribution in [0.4, 0.5) is 13.2 Å².